The second kappa shape index (κ2) is 6.17. The highest BCUT2D eigenvalue weighted by atomic mass is 35.5. The first kappa shape index (κ1) is 14.0. The van der Waals surface area contributed by atoms with Crippen molar-refractivity contribution in [2.24, 2.45) is 0 Å². The Morgan fingerprint density at radius 1 is 1.37 bits per heavy atom. The Kier molecular flexibility index (Phi) is 4.56. The number of thiophene rings is 1. The molecule has 5 heteroatoms. The maximum absolute atomic E-state index is 12.3. The number of aryl methyl sites for hydroxylation is 1. The van der Waals surface area contributed by atoms with Gasteiger partial charge in [-0.2, -0.15) is 0 Å². The monoisotopic (exact) mass is 295 g/mol. The van der Waals surface area contributed by atoms with E-state index in [1.54, 1.807) is 22.0 Å². The van der Waals surface area contributed by atoms with Crippen molar-refractivity contribution in [1.29, 1.82) is 0 Å². The van der Waals surface area contributed by atoms with Crippen molar-refractivity contribution in [3.63, 3.8) is 0 Å². The van der Waals surface area contributed by atoms with Gasteiger partial charge in [0.05, 0.1) is 10.6 Å². The van der Waals surface area contributed by atoms with Gasteiger partial charge >= 0.3 is 0 Å². The summed E-state index contributed by atoms with van der Waals surface area (Å²) in [5.74, 6) is 0. The lowest BCUT2D eigenvalue weighted by molar-refractivity contribution is -0.111. The Bertz CT molecular complexity index is 631. The first-order chi connectivity index (χ1) is 9.13. The topological polar surface area (TPSA) is 39.1 Å². The summed E-state index contributed by atoms with van der Waals surface area (Å²) in [6.45, 7) is 2.55. The quantitative estimate of drug-likeness (QED) is 0.794. The van der Waals surface area contributed by atoms with Gasteiger partial charge in [-0.15, -0.1) is 11.3 Å². The maximum atomic E-state index is 12.3. The van der Waals surface area contributed by atoms with Gasteiger partial charge in [-0.25, -0.2) is 0 Å². The summed E-state index contributed by atoms with van der Waals surface area (Å²) in [5.41, 5.74) is 1.52. The maximum Gasteiger partial charge on any atom is 0.254 e. The predicted octanol–water partition coefficient (Wildman–Crippen LogP) is 3.29. The molecule has 0 fully saturated rings. The summed E-state index contributed by atoms with van der Waals surface area (Å²) in [6, 6.07) is 7.69. The Hall–Kier alpha value is -1.39. The van der Waals surface area contributed by atoms with Gasteiger partial charge in [-0.1, -0.05) is 12.1 Å². The van der Waals surface area contributed by atoms with Crippen LogP contribution in [0.5, 0.6) is 0 Å². The second-order valence-corrected chi connectivity index (χ2v) is 5.49. The highest BCUT2D eigenvalue weighted by Crippen LogP contribution is 2.23. The first-order valence-electron chi connectivity index (χ1n) is 6.08. The Morgan fingerprint density at radius 3 is 2.74 bits per heavy atom. The number of nitrogens with zero attached hydrogens (tertiary/aromatic N) is 1. The lowest BCUT2D eigenvalue weighted by Crippen LogP contribution is -2.24. The molecule has 2 heterocycles. The minimum absolute atomic E-state index is 0.0358. The van der Waals surface area contributed by atoms with Gasteiger partial charge in [0.2, 0.25) is 5.24 Å². The zero-order valence-electron chi connectivity index (χ0n) is 10.6. The van der Waals surface area contributed by atoms with Crippen LogP contribution >= 0.6 is 22.9 Å². The Balaban J connectivity index is 2.42. The highest BCUT2D eigenvalue weighted by Gasteiger charge is 2.10. The fourth-order valence-corrected chi connectivity index (χ4v) is 2.85. The van der Waals surface area contributed by atoms with Gasteiger partial charge in [-0.05, 0) is 42.5 Å². The third-order valence-corrected chi connectivity index (χ3v) is 4.02. The zero-order chi connectivity index (χ0) is 13.8. The molecule has 0 aliphatic heterocycles. The molecule has 2 aromatic rings. The highest BCUT2D eigenvalue weighted by molar-refractivity contribution is 7.13. The molecule has 0 spiro atoms. The fraction of sp³-hybridized carbons (Fsp3) is 0.286. The molecule has 0 bridgehead atoms. The van der Waals surface area contributed by atoms with Crippen LogP contribution in [-0.2, 0) is 17.8 Å². The van der Waals surface area contributed by atoms with Crippen molar-refractivity contribution in [2.75, 3.05) is 0 Å². The van der Waals surface area contributed by atoms with Crippen LogP contribution in [-0.4, -0.2) is 9.81 Å². The predicted molar refractivity (Wildman–Crippen MR) is 78.9 cm³/mol. The molecule has 0 amide bonds. The van der Waals surface area contributed by atoms with Gasteiger partial charge in [0.25, 0.3) is 5.56 Å². The van der Waals surface area contributed by atoms with Gasteiger partial charge in [0.1, 0.15) is 0 Å². The lowest BCUT2D eigenvalue weighted by Gasteiger charge is -2.11. The molecule has 0 aliphatic carbocycles. The molecular formula is C14H14ClNO2S. The number of hydrogen-bond acceptors (Lipinski definition) is 3. The minimum Gasteiger partial charge on any atom is -0.307 e. The summed E-state index contributed by atoms with van der Waals surface area (Å²) in [5, 5.41) is 1.57. The lowest BCUT2D eigenvalue weighted by atomic mass is 10.1. The number of pyridine rings is 1. The normalized spacial score (nSPS) is 10.6. The van der Waals surface area contributed by atoms with Gasteiger partial charge in [0, 0.05) is 18.5 Å². The second-order valence-electron chi connectivity index (χ2n) is 4.13. The van der Waals surface area contributed by atoms with E-state index in [0.29, 0.717) is 18.5 Å². The van der Waals surface area contributed by atoms with Gasteiger partial charge in [-0.3, -0.25) is 9.59 Å². The standard InChI is InChI=1S/C14H14ClNO2S/c1-2-16-11(12-4-3-9-19-12)7-5-10(14(16)18)6-8-13(15)17/h3-5,7,9H,2,6,8H2,1H3. The van der Waals surface area contributed by atoms with Crippen molar-refractivity contribution < 1.29 is 4.79 Å². The summed E-state index contributed by atoms with van der Waals surface area (Å²) in [4.78, 5) is 24.2. The molecule has 0 aromatic carbocycles. The van der Waals surface area contributed by atoms with E-state index >= 15 is 0 Å². The van der Waals surface area contributed by atoms with Crippen LogP contribution in [0.4, 0.5) is 0 Å². The molecule has 0 radical (unpaired) electrons. The molecule has 19 heavy (non-hydrogen) atoms. The molecule has 2 aromatic heterocycles. The average Bonchev–Trinajstić information content (AvgIpc) is 2.90. The molecule has 0 N–H and O–H groups in total. The van der Waals surface area contributed by atoms with E-state index in [4.69, 9.17) is 11.6 Å². The van der Waals surface area contributed by atoms with E-state index in [2.05, 4.69) is 0 Å². The van der Waals surface area contributed by atoms with Crippen LogP contribution in [0, 0.1) is 0 Å². The summed E-state index contributed by atoms with van der Waals surface area (Å²) >= 11 is 6.92. The Labute approximate surface area is 120 Å². The number of carbonyl (C=O) groups excluding carboxylic acids is 1. The number of halogens is 1. The van der Waals surface area contributed by atoms with Crippen molar-refractivity contribution in [3.05, 3.63) is 45.6 Å². The molecular weight excluding hydrogens is 282 g/mol. The Morgan fingerprint density at radius 2 is 2.16 bits per heavy atom. The number of aromatic nitrogens is 1. The molecule has 3 nitrogen and oxygen atoms in total. The summed E-state index contributed by atoms with van der Waals surface area (Å²) in [6.07, 6.45) is 0.588. The van der Waals surface area contributed by atoms with Crippen molar-refractivity contribution in [3.8, 4) is 10.6 Å². The molecule has 0 unspecified atom stereocenters. The first-order valence-corrected chi connectivity index (χ1v) is 7.34. The van der Waals surface area contributed by atoms with Crippen LogP contribution in [0.3, 0.4) is 0 Å². The molecule has 0 saturated carbocycles. The molecule has 2 rings (SSSR count). The van der Waals surface area contributed by atoms with Crippen LogP contribution < -0.4 is 5.56 Å². The van der Waals surface area contributed by atoms with E-state index in [9.17, 15) is 9.59 Å². The zero-order valence-corrected chi connectivity index (χ0v) is 12.1. The third kappa shape index (κ3) is 3.14. The largest absolute Gasteiger partial charge is 0.307 e. The molecule has 0 aliphatic rings. The summed E-state index contributed by atoms with van der Waals surface area (Å²) in [7, 11) is 0. The van der Waals surface area contributed by atoms with Crippen molar-refractivity contribution in [2.45, 2.75) is 26.3 Å². The van der Waals surface area contributed by atoms with E-state index in [0.717, 1.165) is 10.6 Å². The molecule has 100 valence electrons. The average molecular weight is 296 g/mol. The van der Waals surface area contributed by atoms with E-state index in [1.807, 2.05) is 30.5 Å². The van der Waals surface area contributed by atoms with Gasteiger partial charge < -0.3 is 4.57 Å². The van der Waals surface area contributed by atoms with Crippen LogP contribution in [0.2, 0.25) is 0 Å². The fourth-order valence-electron chi connectivity index (χ4n) is 2.00. The minimum atomic E-state index is -0.412. The van der Waals surface area contributed by atoms with Crippen LogP contribution in [0.15, 0.2) is 34.4 Å². The van der Waals surface area contributed by atoms with Crippen molar-refractivity contribution >= 4 is 28.2 Å². The van der Waals surface area contributed by atoms with Gasteiger partial charge in [0.15, 0.2) is 0 Å². The number of hydrogen-bond donors (Lipinski definition) is 0. The third-order valence-electron chi connectivity index (χ3n) is 2.93. The smallest absolute Gasteiger partial charge is 0.254 e. The van der Waals surface area contributed by atoms with Crippen LogP contribution in [0.1, 0.15) is 18.9 Å². The summed E-state index contributed by atoms with van der Waals surface area (Å²) < 4.78 is 1.74. The molecule has 0 saturated heterocycles. The number of carbonyl (C=O) groups is 1. The van der Waals surface area contributed by atoms with Crippen LogP contribution in [0.25, 0.3) is 10.6 Å². The molecule has 0 atom stereocenters. The van der Waals surface area contributed by atoms with Crippen molar-refractivity contribution in [1.82, 2.24) is 4.57 Å². The number of rotatable bonds is 5. The van der Waals surface area contributed by atoms with E-state index in [-0.39, 0.29) is 12.0 Å². The van der Waals surface area contributed by atoms with E-state index < -0.39 is 5.24 Å². The van der Waals surface area contributed by atoms with E-state index in [1.165, 1.54) is 0 Å². The SMILES string of the molecule is CCn1c(-c2cccs2)ccc(CCC(=O)Cl)c1=O.